The minimum absolute atomic E-state index is 0.264. The van der Waals surface area contributed by atoms with Gasteiger partial charge in [0.25, 0.3) is 0 Å². The van der Waals surface area contributed by atoms with Crippen LogP contribution in [0, 0.1) is 0 Å². The molecule has 1 aliphatic rings. The van der Waals surface area contributed by atoms with E-state index in [4.69, 9.17) is 4.74 Å². The minimum atomic E-state index is 0.264. The first-order chi connectivity index (χ1) is 6.83. The van der Waals surface area contributed by atoms with Crippen LogP contribution in [-0.2, 0) is 11.2 Å². The van der Waals surface area contributed by atoms with Crippen molar-refractivity contribution < 1.29 is 9.53 Å². The van der Waals surface area contributed by atoms with E-state index < -0.39 is 0 Å². The zero-order valence-corrected chi connectivity index (χ0v) is 8.32. The highest BCUT2D eigenvalue weighted by Crippen LogP contribution is 2.34. The van der Waals surface area contributed by atoms with Crippen LogP contribution >= 0.6 is 0 Å². The lowest BCUT2D eigenvalue weighted by molar-refractivity contribution is -0.108. The van der Waals surface area contributed by atoms with E-state index >= 15 is 0 Å². The molecule has 0 saturated carbocycles. The summed E-state index contributed by atoms with van der Waals surface area (Å²) in [6, 6.07) is 6.20. The van der Waals surface area contributed by atoms with Gasteiger partial charge < -0.3 is 9.53 Å². The second kappa shape index (κ2) is 3.82. The molecule has 0 fully saturated rings. The smallest absolute Gasteiger partial charge is 0.126 e. The molecule has 0 N–H and O–H groups in total. The second-order valence-corrected chi connectivity index (χ2v) is 3.74. The third-order valence-corrected chi connectivity index (χ3v) is 2.73. The summed E-state index contributed by atoms with van der Waals surface area (Å²) < 4.78 is 5.58. The van der Waals surface area contributed by atoms with E-state index in [1.54, 1.807) is 0 Å². The summed E-state index contributed by atoms with van der Waals surface area (Å²) in [5.74, 6) is 1.28. The first-order valence-electron chi connectivity index (χ1n) is 5.01. The molecule has 0 bridgehead atoms. The predicted molar refractivity (Wildman–Crippen MR) is 54.7 cm³/mol. The number of carbonyl (C=O) groups excluding carboxylic acids is 1. The topological polar surface area (TPSA) is 26.3 Å². The summed E-state index contributed by atoms with van der Waals surface area (Å²) in [4.78, 5) is 10.4. The third-order valence-electron chi connectivity index (χ3n) is 2.73. The van der Waals surface area contributed by atoms with Crippen molar-refractivity contribution in [1.29, 1.82) is 0 Å². The van der Waals surface area contributed by atoms with Crippen molar-refractivity contribution in [3.63, 3.8) is 0 Å². The molecule has 1 aromatic rings. The van der Waals surface area contributed by atoms with Crippen LogP contribution < -0.4 is 4.74 Å². The minimum Gasteiger partial charge on any atom is -0.493 e. The van der Waals surface area contributed by atoms with Crippen molar-refractivity contribution in [3.05, 3.63) is 29.3 Å². The highest BCUT2D eigenvalue weighted by atomic mass is 16.5. The Morgan fingerprint density at radius 2 is 2.43 bits per heavy atom. The van der Waals surface area contributed by atoms with Crippen molar-refractivity contribution in [3.8, 4) is 5.75 Å². The molecule has 1 aromatic carbocycles. The van der Waals surface area contributed by atoms with Crippen LogP contribution in [0.2, 0.25) is 0 Å². The van der Waals surface area contributed by atoms with Gasteiger partial charge in [0.2, 0.25) is 0 Å². The molecule has 1 heterocycles. The zero-order valence-electron chi connectivity index (χ0n) is 8.32. The summed E-state index contributed by atoms with van der Waals surface area (Å²) in [5.41, 5.74) is 2.45. The summed E-state index contributed by atoms with van der Waals surface area (Å²) in [7, 11) is 0. The highest BCUT2D eigenvalue weighted by molar-refractivity contribution is 5.54. The molecule has 74 valence electrons. The SMILES string of the molecule is CC(CC=O)c1cccc2c1OCC2. The summed E-state index contributed by atoms with van der Waals surface area (Å²) in [6.07, 6.45) is 2.54. The Hall–Kier alpha value is -1.31. The molecule has 0 aliphatic carbocycles. The average molecular weight is 190 g/mol. The summed E-state index contributed by atoms with van der Waals surface area (Å²) >= 11 is 0. The first-order valence-corrected chi connectivity index (χ1v) is 5.01. The van der Waals surface area contributed by atoms with Gasteiger partial charge in [-0.2, -0.15) is 0 Å². The van der Waals surface area contributed by atoms with Gasteiger partial charge in [0, 0.05) is 12.8 Å². The molecule has 2 heteroatoms. The van der Waals surface area contributed by atoms with Gasteiger partial charge in [0.05, 0.1) is 6.61 Å². The van der Waals surface area contributed by atoms with E-state index in [0.29, 0.717) is 6.42 Å². The van der Waals surface area contributed by atoms with E-state index in [1.807, 2.05) is 6.07 Å². The molecule has 1 atom stereocenters. The Kier molecular flexibility index (Phi) is 2.53. The fourth-order valence-corrected chi connectivity index (χ4v) is 1.90. The van der Waals surface area contributed by atoms with Crippen molar-refractivity contribution in [1.82, 2.24) is 0 Å². The largest absolute Gasteiger partial charge is 0.493 e. The van der Waals surface area contributed by atoms with E-state index in [2.05, 4.69) is 19.1 Å². The standard InChI is InChI=1S/C12H14O2/c1-9(5-7-13)11-4-2-3-10-6-8-14-12(10)11/h2-4,7,9H,5-6,8H2,1H3. The highest BCUT2D eigenvalue weighted by Gasteiger charge is 2.18. The van der Waals surface area contributed by atoms with Gasteiger partial charge in [0.15, 0.2) is 0 Å². The fraction of sp³-hybridized carbons (Fsp3) is 0.417. The number of para-hydroxylation sites is 1. The maximum atomic E-state index is 10.4. The fourth-order valence-electron chi connectivity index (χ4n) is 1.90. The molecule has 2 nitrogen and oxygen atoms in total. The number of fused-ring (bicyclic) bond motifs is 1. The van der Waals surface area contributed by atoms with Gasteiger partial charge in [0.1, 0.15) is 12.0 Å². The molecule has 1 aliphatic heterocycles. The van der Waals surface area contributed by atoms with Crippen LogP contribution in [0.25, 0.3) is 0 Å². The molecule has 1 unspecified atom stereocenters. The number of ether oxygens (including phenoxy) is 1. The van der Waals surface area contributed by atoms with Crippen LogP contribution in [0.3, 0.4) is 0 Å². The van der Waals surface area contributed by atoms with Gasteiger partial charge in [-0.25, -0.2) is 0 Å². The maximum absolute atomic E-state index is 10.4. The number of carbonyl (C=O) groups is 1. The van der Waals surface area contributed by atoms with Crippen LogP contribution in [-0.4, -0.2) is 12.9 Å². The molecule has 14 heavy (non-hydrogen) atoms. The van der Waals surface area contributed by atoms with Gasteiger partial charge in [-0.3, -0.25) is 0 Å². The van der Waals surface area contributed by atoms with Crippen LogP contribution in [0.5, 0.6) is 5.75 Å². The lowest BCUT2D eigenvalue weighted by atomic mass is 9.95. The molecule has 0 spiro atoms. The van der Waals surface area contributed by atoms with E-state index in [0.717, 1.165) is 25.1 Å². The Morgan fingerprint density at radius 3 is 3.21 bits per heavy atom. The molecule has 0 amide bonds. The molecule has 2 rings (SSSR count). The molecule has 0 saturated heterocycles. The molecular formula is C12H14O2. The number of aldehydes is 1. The van der Waals surface area contributed by atoms with Gasteiger partial charge >= 0.3 is 0 Å². The van der Waals surface area contributed by atoms with Crippen molar-refractivity contribution in [2.75, 3.05) is 6.61 Å². The van der Waals surface area contributed by atoms with Crippen molar-refractivity contribution >= 4 is 6.29 Å². The number of hydrogen-bond donors (Lipinski definition) is 0. The van der Waals surface area contributed by atoms with Crippen LogP contribution in [0.1, 0.15) is 30.4 Å². The monoisotopic (exact) mass is 190 g/mol. The van der Waals surface area contributed by atoms with Crippen molar-refractivity contribution in [2.24, 2.45) is 0 Å². The Bertz CT molecular complexity index is 344. The van der Waals surface area contributed by atoms with Gasteiger partial charge in [-0.1, -0.05) is 25.1 Å². The average Bonchev–Trinajstić information content (AvgIpc) is 2.65. The first kappa shape index (κ1) is 9.25. The maximum Gasteiger partial charge on any atom is 0.126 e. The number of benzene rings is 1. The zero-order chi connectivity index (χ0) is 9.97. The van der Waals surface area contributed by atoms with E-state index in [9.17, 15) is 4.79 Å². The van der Waals surface area contributed by atoms with Crippen LogP contribution in [0.4, 0.5) is 0 Å². The van der Waals surface area contributed by atoms with E-state index in [1.165, 1.54) is 11.1 Å². The van der Waals surface area contributed by atoms with Gasteiger partial charge in [-0.15, -0.1) is 0 Å². The lowest BCUT2D eigenvalue weighted by Gasteiger charge is -2.12. The molecule has 0 radical (unpaired) electrons. The quantitative estimate of drug-likeness (QED) is 0.684. The number of rotatable bonds is 3. The lowest BCUT2D eigenvalue weighted by Crippen LogP contribution is -1.97. The Morgan fingerprint density at radius 1 is 1.57 bits per heavy atom. The van der Waals surface area contributed by atoms with E-state index in [-0.39, 0.29) is 5.92 Å². The third kappa shape index (κ3) is 1.52. The Labute approximate surface area is 83.9 Å². The normalized spacial score (nSPS) is 15.8. The Balaban J connectivity index is 2.34. The van der Waals surface area contributed by atoms with Crippen LogP contribution in [0.15, 0.2) is 18.2 Å². The van der Waals surface area contributed by atoms with Gasteiger partial charge in [-0.05, 0) is 17.0 Å². The summed E-state index contributed by atoms with van der Waals surface area (Å²) in [5, 5.41) is 0. The number of hydrogen-bond acceptors (Lipinski definition) is 2. The molecule has 0 aromatic heterocycles. The summed E-state index contributed by atoms with van der Waals surface area (Å²) in [6.45, 7) is 2.84. The molecular weight excluding hydrogens is 176 g/mol. The van der Waals surface area contributed by atoms with Crippen molar-refractivity contribution in [2.45, 2.75) is 25.7 Å². The predicted octanol–water partition coefficient (Wildman–Crippen LogP) is 2.31. The second-order valence-electron chi connectivity index (χ2n) is 3.74.